The van der Waals surface area contributed by atoms with E-state index in [1.807, 2.05) is 18.2 Å². The number of pyridine rings is 2. The SMILES string of the molecule is CCOC(=O)c1cn(-c2ccc(N3CC(N(C)C)C3)nc2)c2cc(N3CCC[C@@H]3CO)c(Cl)cc2c1=O. The molecule has 5 rings (SSSR count). The summed E-state index contributed by atoms with van der Waals surface area (Å²) in [7, 11) is 4.15. The van der Waals surface area contributed by atoms with Crippen LogP contribution in [0.4, 0.5) is 11.5 Å². The first kappa shape index (κ1) is 25.5. The Bertz CT molecular complexity index is 1370. The van der Waals surface area contributed by atoms with Gasteiger partial charge in [0.2, 0.25) is 5.43 Å². The van der Waals surface area contributed by atoms with Crippen molar-refractivity contribution in [1.29, 1.82) is 0 Å². The number of hydrogen-bond donors (Lipinski definition) is 1. The smallest absolute Gasteiger partial charge is 0.343 e. The molecule has 0 saturated carbocycles. The third kappa shape index (κ3) is 4.67. The van der Waals surface area contributed by atoms with Gasteiger partial charge in [0.25, 0.3) is 0 Å². The van der Waals surface area contributed by atoms with E-state index in [9.17, 15) is 14.7 Å². The Morgan fingerprint density at radius 1 is 1.27 bits per heavy atom. The highest BCUT2D eigenvalue weighted by molar-refractivity contribution is 6.34. The van der Waals surface area contributed by atoms with Gasteiger partial charge < -0.3 is 29.1 Å². The van der Waals surface area contributed by atoms with Crippen molar-refractivity contribution in [2.45, 2.75) is 31.8 Å². The number of esters is 1. The number of aromatic nitrogens is 2. The Morgan fingerprint density at radius 2 is 2.05 bits per heavy atom. The molecular weight excluding hydrogens is 494 g/mol. The van der Waals surface area contributed by atoms with E-state index in [4.69, 9.17) is 16.3 Å². The zero-order valence-electron chi connectivity index (χ0n) is 21.4. The summed E-state index contributed by atoms with van der Waals surface area (Å²) in [4.78, 5) is 37.2. The van der Waals surface area contributed by atoms with Crippen molar-refractivity contribution < 1.29 is 14.6 Å². The average Bonchev–Trinajstić information content (AvgIpc) is 3.32. The highest BCUT2D eigenvalue weighted by Gasteiger charge is 2.30. The fourth-order valence-corrected chi connectivity index (χ4v) is 5.41. The second-order valence-electron chi connectivity index (χ2n) is 9.85. The van der Waals surface area contributed by atoms with E-state index in [1.54, 1.807) is 23.8 Å². The molecule has 1 aromatic carbocycles. The number of carbonyl (C=O) groups is 1. The Hall–Kier alpha value is -3.14. The molecule has 10 heteroatoms. The van der Waals surface area contributed by atoms with Crippen LogP contribution in [0.15, 0.2) is 41.5 Å². The standard InChI is InChI=1S/C27H32ClN5O4/c1-4-37-27(36)21-15-33(17-7-8-25(29-12-17)31-13-19(14-31)30(2)3)23-11-24(22(28)10-20(23)26(21)35)32-9-5-6-18(32)16-34/h7-8,10-12,15,18-19,34H,4-6,9,13-14,16H2,1-3H3/t18-/m1/s1. The molecule has 1 atom stereocenters. The Morgan fingerprint density at radius 3 is 2.70 bits per heavy atom. The van der Waals surface area contributed by atoms with Crippen LogP contribution in [0.5, 0.6) is 0 Å². The monoisotopic (exact) mass is 525 g/mol. The molecule has 2 aliphatic heterocycles. The van der Waals surface area contributed by atoms with Crippen LogP contribution in [0.1, 0.15) is 30.1 Å². The molecule has 0 aliphatic carbocycles. The van der Waals surface area contributed by atoms with Crippen LogP contribution >= 0.6 is 11.6 Å². The molecule has 0 radical (unpaired) electrons. The van der Waals surface area contributed by atoms with Crippen LogP contribution in [-0.2, 0) is 4.74 Å². The predicted octanol–water partition coefficient (Wildman–Crippen LogP) is 2.93. The third-order valence-electron chi connectivity index (χ3n) is 7.39. The number of carbonyl (C=O) groups excluding carboxylic acids is 1. The summed E-state index contributed by atoms with van der Waals surface area (Å²) in [6.45, 7) is 4.48. The molecular formula is C27H32ClN5O4. The second-order valence-corrected chi connectivity index (χ2v) is 10.3. The number of halogens is 1. The summed E-state index contributed by atoms with van der Waals surface area (Å²) >= 11 is 6.67. The Labute approximate surface area is 220 Å². The lowest BCUT2D eigenvalue weighted by atomic mass is 10.1. The number of aliphatic hydroxyl groups excluding tert-OH is 1. The van der Waals surface area contributed by atoms with Gasteiger partial charge in [-0.3, -0.25) is 4.79 Å². The van der Waals surface area contributed by atoms with Gasteiger partial charge >= 0.3 is 5.97 Å². The summed E-state index contributed by atoms with van der Waals surface area (Å²) in [5.41, 5.74) is 1.57. The van der Waals surface area contributed by atoms with Crippen molar-refractivity contribution in [3.63, 3.8) is 0 Å². The number of fused-ring (bicyclic) bond motifs is 1. The van der Waals surface area contributed by atoms with E-state index in [2.05, 4.69) is 33.8 Å². The molecule has 9 nitrogen and oxygen atoms in total. The fraction of sp³-hybridized carbons (Fsp3) is 0.444. The van der Waals surface area contributed by atoms with Gasteiger partial charge in [-0.15, -0.1) is 0 Å². The molecule has 4 heterocycles. The molecule has 196 valence electrons. The molecule has 2 fully saturated rings. The van der Waals surface area contributed by atoms with Crippen LogP contribution in [0.2, 0.25) is 5.02 Å². The normalized spacial score (nSPS) is 18.1. The Balaban J connectivity index is 1.62. The number of likely N-dealkylation sites (N-methyl/N-ethyl adjacent to an activating group) is 1. The van der Waals surface area contributed by atoms with E-state index in [1.165, 1.54) is 6.20 Å². The van der Waals surface area contributed by atoms with Crippen LogP contribution in [0, 0.1) is 0 Å². The topological polar surface area (TPSA) is 91.1 Å². The van der Waals surface area contributed by atoms with Crippen LogP contribution in [0.3, 0.4) is 0 Å². The van der Waals surface area contributed by atoms with Gasteiger partial charge in [-0.25, -0.2) is 9.78 Å². The minimum absolute atomic E-state index is 0.0273. The van der Waals surface area contributed by atoms with Crippen molar-refractivity contribution in [2.24, 2.45) is 0 Å². The first-order valence-electron chi connectivity index (χ1n) is 12.6. The van der Waals surface area contributed by atoms with Crippen LogP contribution in [-0.4, -0.2) is 84.6 Å². The minimum atomic E-state index is -0.678. The first-order chi connectivity index (χ1) is 17.8. The van der Waals surface area contributed by atoms with Crippen molar-refractivity contribution in [2.75, 3.05) is 56.7 Å². The number of rotatable bonds is 7. The quantitative estimate of drug-likeness (QED) is 0.471. The number of hydrogen-bond acceptors (Lipinski definition) is 8. The summed E-state index contributed by atoms with van der Waals surface area (Å²) in [5.74, 6) is 0.201. The zero-order chi connectivity index (χ0) is 26.3. The fourth-order valence-electron chi connectivity index (χ4n) is 5.14. The zero-order valence-corrected chi connectivity index (χ0v) is 22.1. The van der Waals surface area contributed by atoms with E-state index in [0.717, 1.165) is 44.0 Å². The van der Waals surface area contributed by atoms with Crippen molar-refractivity contribution >= 4 is 40.0 Å². The van der Waals surface area contributed by atoms with Crippen molar-refractivity contribution in [1.82, 2.24) is 14.5 Å². The van der Waals surface area contributed by atoms with Gasteiger partial charge in [-0.1, -0.05) is 11.6 Å². The van der Waals surface area contributed by atoms with Crippen molar-refractivity contribution in [3.8, 4) is 5.69 Å². The number of aliphatic hydroxyl groups is 1. The minimum Gasteiger partial charge on any atom is -0.462 e. The lowest BCUT2D eigenvalue weighted by Crippen LogP contribution is -2.57. The molecule has 2 aromatic heterocycles. The van der Waals surface area contributed by atoms with Crippen molar-refractivity contribution in [3.05, 3.63) is 57.5 Å². The molecule has 37 heavy (non-hydrogen) atoms. The van der Waals surface area contributed by atoms with Gasteiger partial charge in [0.15, 0.2) is 0 Å². The number of nitrogens with zero attached hydrogens (tertiary/aromatic N) is 5. The van der Waals surface area contributed by atoms with Gasteiger partial charge in [0.05, 0.1) is 47.4 Å². The summed E-state index contributed by atoms with van der Waals surface area (Å²) in [6, 6.07) is 7.85. The average molecular weight is 526 g/mol. The first-order valence-corrected chi connectivity index (χ1v) is 13.0. The molecule has 0 spiro atoms. The highest BCUT2D eigenvalue weighted by atomic mass is 35.5. The number of benzene rings is 1. The van der Waals surface area contributed by atoms with E-state index in [0.29, 0.717) is 27.7 Å². The van der Waals surface area contributed by atoms with Gasteiger partial charge in [0, 0.05) is 37.3 Å². The largest absolute Gasteiger partial charge is 0.462 e. The molecule has 0 bridgehead atoms. The second kappa shape index (κ2) is 10.3. The van der Waals surface area contributed by atoms with E-state index >= 15 is 0 Å². The molecule has 2 saturated heterocycles. The highest BCUT2D eigenvalue weighted by Crippen LogP contribution is 2.35. The lowest BCUT2D eigenvalue weighted by Gasteiger charge is -2.43. The number of anilines is 2. The summed E-state index contributed by atoms with van der Waals surface area (Å²) < 4.78 is 6.96. The molecule has 0 amide bonds. The third-order valence-corrected chi connectivity index (χ3v) is 7.69. The van der Waals surface area contributed by atoms with Crippen LogP contribution < -0.4 is 15.2 Å². The maximum absolute atomic E-state index is 13.4. The molecule has 2 aliphatic rings. The van der Waals surface area contributed by atoms with Crippen LogP contribution in [0.25, 0.3) is 16.6 Å². The molecule has 3 aromatic rings. The lowest BCUT2D eigenvalue weighted by molar-refractivity contribution is 0.0524. The maximum Gasteiger partial charge on any atom is 0.343 e. The predicted molar refractivity (Wildman–Crippen MR) is 145 cm³/mol. The molecule has 1 N–H and O–H groups in total. The van der Waals surface area contributed by atoms with Gasteiger partial charge in [-0.05, 0) is 58.1 Å². The maximum atomic E-state index is 13.4. The van der Waals surface area contributed by atoms with E-state index in [-0.39, 0.29) is 24.8 Å². The summed E-state index contributed by atoms with van der Waals surface area (Å²) in [6.07, 6.45) is 5.09. The van der Waals surface area contributed by atoms with Gasteiger partial charge in [0.1, 0.15) is 11.4 Å². The number of ether oxygens (including phenoxy) is 1. The van der Waals surface area contributed by atoms with Gasteiger partial charge in [-0.2, -0.15) is 0 Å². The van der Waals surface area contributed by atoms with E-state index < -0.39 is 11.4 Å². The molecule has 0 unspecified atom stereocenters. The Kier molecular flexibility index (Phi) is 7.11. The summed E-state index contributed by atoms with van der Waals surface area (Å²) in [5, 5.41) is 10.6.